The minimum Gasteiger partial charge on any atom is -0.465 e. The Morgan fingerprint density at radius 3 is 2.67 bits per heavy atom. The van der Waals surface area contributed by atoms with E-state index in [1.165, 1.54) is 10.5 Å². The Labute approximate surface area is 107 Å². The van der Waals surface area contributed by atoms with Gasteiger partial charge in [-0.1, -0.05) is 13.0 Å². The molecule has 2 rings (SSSR count). The van der Waals surface area contributed by atoms with Crippen molar-refractivity contribution in [3.8, 4) is 0 Å². The number of amides is 1. The van der Waals surface area contributed by atoms with Crippen LogP contribution in [0.5, 0.6) is 0 Å². The molecule has 2 heterocycles. The van der Waals surface area contributed by atoms with Crippen molar-refractivity contribution in [2.75, 3.05) is 26.2 Å². The molecule has 5 nitrogen and oxygen atoms in total. The SMILES string of the molecule is CCC(c1cccnc1)N1CCN(C(=O)O)CC1. The zero-order valence-corrected chi connectivity index (χ0v) is 10.6. The monoisotopic (exact) mass is 249 g/mol. The van der Waals surface area contributed by atoms with E-state index in [4.69, 9.17) is 5.11 Å². The molecule has 0 bridgehead atoms. The minimum atomic E-state index is -0.816. The van der Waals surface area contributed by atoms with Crippen LogP contribution < -0.4 is 0 Å². The third-order valence-corrected chi connectivity index (χ3v) is 3.48. The first-order chi connectivity index (χ1) is 8.72. The fraction of sp³-hybridized carbons (Fsp3) is 0.538. The Morgan fingerprint density at radius 2 is 2.17 bits per heavy atom. The number of hydrogen-bond acceptors (Lipinski definition) is 3. The van der Waals surface area contributed by atoms with E-state index in [0.29, 0.717) is 19.1 Å². The summed E-state index contributed by atoms with van der Waals surface area (Å²) in [4.78, 5) is 18.9. The first kappa shape index (κ1) is 12.8. The van der Waals surface area contributed by atoms with Crippen LogP contribution in [0.2, 0.25) is 0 Å². The molecule has 1 N–H and O–H groups in total. The molecule has 0 spiro atoms. The molecule has 0 aliphatic carbocycles. The Balaban J connectivity index is 2.01. The number of hydrogen-bond donors (Lipinski definition) is 1. The van der Waals surface area contributed by atoms with Gasteiger partial charge in [0.2, 0.25) is 0 Å². The summed E-state index contributed by atoms with van der Waals surface area (Å²) in [5.74, 6) is 0. The number of aromatic nitrogens is 1. The van der Waals surface area contributed by atoms with Gasteiger partial charge in [0.05, 0.1) is 0 Å². The summed E-state index contributed by atoms with van der Waals surface area (Å²) >= 11 is 0. The number of rotatable bonds is 3. The summed E-state index contributed by atoms with van der Waals surface area (Å²) < 4.78 is 0. The number of piperazine rings is 1. The highest BCUT2D eigenvalue weighted by Gasteiger charge is 2.25. The summed E-state index contributed by atoms with van der Waals surface area (Å²) in [5, 5.41) is 8.93. The Hall–Kier alpha value is -1.62. The van der Waals surface area contributed by atoms with Crippen LogP contribution in [0.25, 0.3) is 0 Å². The van der Waals surface area contributed by atoms with Gasteiger partial charge in [-0.15, -0.1) is 0 Å². The van der Waals surface area contributed by atoms with Crippen LogP contribution in [0.3, 0.4) is 0 Å². The van der Waals surface area contributed by atoms with Gasteiger partial charge >= 0.3 is 6.09 Å². The van der Waals surface area contributed by atoms with E-state index >= 15 is 0 Å². The van der Waals surface area contributed by atoms with Gasteiger partial charge in [-0.25, -0.2) is 4.79 Å². The lowest BCUT2D eigenvalue weighted by Crippen LogP contribution is -2.49. The van der Waals surface area contributed by atoms with Crippen molar-refractivity contribution in [1.29, 1.82) is 0 Å². The molecule has 1 fully saturated rings. The third kappa shape index (κ3) is 2.79. The molecule has 0 saturated carbocycles. The van der Waals surface area contributed by atoms with E-state index in [2.05, 4.69) is 22.9 Å². The molecular formula is C13H19N3O2. The van der Waals surface area contributed by atoms with Crippen LogP contribution in [-0.2, 0) is 0 Å². The van der Waals surface area contributed by atoms with Gasteiger partial charge in [-0.3, -0.25) is 9.88 Å². The summed E-state index contributed by atoms with van der Waals surface area (Å²) in [6, 6.07) is 4.38. The van der Waals surface area contributed by atoms with Gasteiger partial charge in [0, 0.05) is 44.6 Å². The maximum absolute atomic E-state index is 10.9. The summed E-state index contributed by atoms with van der Waals surface area (Å²) in [7, 11) is 0. The van der Waals surface area contributed by atoms with Gasteiger partial charge in [-0.2, -0.15) is 0 Å². The molecule has 1 aromatic rings. The predicted octanol–water partition coefficient (Wildman–Crippen LogP) is 1.83. The zero-order valence-electron chi connectivity index (χ0n) is 10.6. The molecule has 0 radical (unpaired) electrons. The largest absolute Gasteiger partial charge is 0.465 e. The highest BCUT2D eigenvalue weighted by atomic mass is 16.4. The van der Waals surface area contributed by atoms with E-state index in [9.17, 15) is 4.79 Å². The molecule has 1 saturated heterocycles. The van der Waals surface area contributed by atoms with E-state index in [1.807, 2.05) is 12.3 Å². The normalized spacial score (nSPS) is 18.6. The number of carboxylic acid groups (broad SMARTS) is 1. The second-order valence-corrected chi connectivity index (χ2v) is 4.52. The smallest absolute Gasteiger partial charge is 0.407 e. The molecule has 0 aromatic carbocycles. The molecule has 1 amide bonds. The molecule has 18 heavy (non-hydrogen) atoms. The van der Waals surface area contributed by atoms with Gasteiger partial charge < -0.3 is 10.0 Å². The van der Waals surface area contributed by atoms with Gasteiger partial charge in [0.1, 0.15) is 0 Å². The minimum absolute atomic E-state index is 0.342. The Morgan fingerprint density at radius 1 is 1.44 bits per heavy atom. The highest BCUT2D eigenvalue weighted by Crippen LogP contribution is 2.24. The standard InChI is InChI=1S/C13H19N3O2/c1-2-12(11-4-3-5-14-10-11)15-6-8-16(9-7-15)13(17)18/h3-5,10,12H,2,6-9H2,1H3,(H,17,18). The van der Waals surface area contributed by atoms with E-state index in [1.54, 1.807) is 6.20 Å². The Bertz CT molecular complexity index is 388. The van der Waals surface area contributed by atoms with Crippen molar-refractivity contribution < 1.29 is 9.90 Å². The van der Waals surface area contributed by atoms with Crippen molar-refractivity contribution in [2.45, 2.75) is 19.4 Å². The average molecular weight is 249 g/mol. The van der Waals surface area contributed by atoms with Crippen molar-refractivity contribution in [3.05, 3.63) is 30.1 Å². The molecule has 1 aliphatic rings. The lowest BCUT2D eigenvalue weighted by atomic mass is 10.0. The summed E-state index contributed by atoms with van der Waals surface area (Å²) in [6.07, 6.45) is 3.87. The van der Waals surface area contributed by atoms with Crippen LogP contribution in [0.15, 0.2) is 24.5 Å². The molecule has 5 heteroatoms. The van der Waals surface area contributed by atoms with Crippen LogP contribution in [0.1, 0.15) is 24.9 Å². The topological polar surface area (TPSA) is 56.7 Å². The van der Waals surface area contributed by atoms with Gasteiger partial charge in [0.15, 0.2) is 0 Å². The zero-order chi connectivity index (χ0) is 13.0. The van der Waals surface area contributed by atoms with Crippen LogP contribution in [-0.4, -0.2) is 52.2 Å². The van der Waals surface area contributed by atoms with Crippen molar-refractivity contribution >= 4 is 6.09 Å². The lowest BCUT2D eigenvalue weighted by molar-refractivity contribution is 0.0834. The first-order valence-electron chi connectivity index (χ1n) is 6.34. The average Bonchev–Trinajstić information content (AvgIpc) is 2.41. The molecule has 1 aromatic heterocycles. The maximum atomic E-state index is 10.9. The predicted molar refractivity (Wildman–Crippen MR) is 68.4 cm³/mol. The fourth-order valence-electron chi connectivity index (χ4n) is 2.50. The maximum Gasteiger partial charge on any atom is 0.407 e. The fourth-order valence-corrected chi connectivity index (χ4v) is 2.50. The van der Waals surface area contributed by atoms with Crippen molar-refractivity contribution in [1.82, 2.24) is 14.8 Å². The van der Waals surface area contributed by atoms with Crippen LogP contribution >= 0.6 is 0 Å². The third-order valence-electron chi connectivity index (χ3n) is 3.48. The van der Waals surface area contributed by atoms with Crippen LogP contribution in [0, 0.1) is 0 Å². The summed E-state index contributed by atoms with van der Waals surface area (Å²) in [6.45, 7) is 4.92. The Kier molecular flexibility index (Phi) is 4.15. The van der Waals surface area contributed by atoms with Gasteiger partial charge in [-0.05, 0) is 18.1 Å². The quantitative estimate of drug-likeness (QED) is 0.888. The van der Waals surface area contributed by atoms with Crippen molar-refractivity contribution in [2.24, 2.45) is 0 Å². The molecular weight excluding hydrogens is 230 g/mol. The molecule has 1 unspecified atom stereocenters. The number of carbonyl (C=O) groups is 1. The molecule has 98 valence electrons. The van der Waals surface area contributed by atoms with E-state index in [0.717, 1.165) is 19.5 Å². The van der Waals surface area contributed by atoms with Crippen LogP contribution in [0.4, 0.5) is 4.79 Å². The van der Waals surface area contributed by atoms with E-state index in [-0.39, 0.29) is 0 Å². The second-order valence-electron chi connectivity index (χ2n) is 4.52. The highest BCUT2D eigenvalue weighted by molar-refractivity contribution is 5.65. The van der Waals surface area contributed by atoms with Gasteiger partial charge in [0.25, 0.3) is 0 Å². The number of nitrogens with zero attached hydrogens (tertiary/aromatic N) is 3. The van der Waals surface area contributed by atoms with Crippen molar-refractivity contribution in [3.63, 3.8) is 0 Å². The number of pyridine rings is 1. The first-order valence-corrected chi connectivity index (χ1v) is 6.34. The summed E-state index contributed by atoms with van der Waals surface area (Å²) in [5.41, 5.74) is 1.21. The molecule has 1 atom stereocenters. The molecule has 1 aliphatic heterocycles. The lowest BCUT2D eigenvalue weighted by Gasteiger charge is -2.38. The second kappa shape index (κ2) is 5.82. The van der Waals surface area contributed by atoms with E-state index < -0.39 is 6.09 Å².